The van der Waals surface area contributed by atoms with Gasteiger partial charge in [0.2, 0.25) is 0 Å². The maximum Gasteiger partial charge on any atom is 0.340 e. The van der Waals surface area contributed by atoms with Crippen LogP contribution >= 0.6 is 15.9 Å². The first-order chi connectivity index (χ1) is 8.72. The van der Waals surface area contributed by atoms with Gasteiger partial charge in [-0.1, -0.05) is 60.3 Å². The van der Waals surface area contributed by atoms with Gasteiger partial charge in [0.1, 0.15) is 5.58 Å². The molecular formula is C15H17BrO2. The van der Waals surface area contributed by atoms with E-state index in [1.54, 1.807) is 0 Å². The molecule has 0 amide bonds. The molecule has 18 heavy (non-hydrogen) atoms. The third kappa shape index (κ3) is 3.02. The molecule has 2 aromatic rings. The van der Waals surface area contributed by atoms with Crippen molar-refractivity contribution in [3.63, 3.8) is 0 Å². The molecule has 0 saturated heterocycles. The quantitative estimate of drug-likeness (QED) is 0.451. The average molecular weight is 309 g/mol. The largest absolute Gasteiger partial charge is 0.422 e. The Morgan fingerprint density at radius 2 is 2.06 bits per heavy atom. The molecule has 1 aromatic carbocycles. The molecular weight excluding hydrogens is 292 g/mol. The fraction of sp³-hybridized carbons (Fsp3) is 0.400. The van der Waals surface area contributed by atoms with Crippen LogP contribution in [0.3, 0.4) is 0 Å². The average Bonchev–Trinajstić information content (AvgIpc) is 2.38. The summed E-state index contributed by atoms with van der Waals surface area (Å²) in [7, 11) is 0. The number of para-hydroxylation sites is 1. The number of fused-ring (bicyclic) bond motifs is 1. The first-order valence-electron chi connectivity index (χ1n) is 6.39. The minimum atomic E-state index is -0.230. The van der Waals surface area contributed by atoms with E-state index in [0.29, 0.717) is 5.58 Å². The van der Waals surface area contributed by atoms with Crippen LogP contribution in [0.2, 0.25) is 0 Å². The normalized spacial score (nSPS) is 12.8. The van der Waals surface area contributed by atoms with Crippen molar-refractivity contribution in [3.8, 4) is 0 Å². The van der Waals surface area contributed by atoms with Crippen molar-refractivity contribution in [3.05, 3.63) is 46.3 Å². The van der Waals surface area contributed by atoms with Gasteiger partial charge in [-0.15, -0.1) is 0 Å². The smallest absolute Gasteiger partial charge is 0.340 e. The number of halogens is 1. The molecule has 0 N–H and O–H groups in total. The van der Waals surface area contributed by atoms with E-state index in [4.69, 9.17) is 4.42 Å². The predicted molar refractivity (Wildman–Crippen MR) is 78.3 cm³/mol. The van der Waals surface area contributed by atoms with Crippen LogP contribution in [0.25, 0.3) is 11.0 Å². The van der Waals surface area contributed by atoms with E-state index >= 15 is 0 Å². The monoisotopic (exact) mass is 308 g/mol. The van der Waals surface area contributed by atoms with Crippen LogP contribution < -0.4 is 5.63 Å². The van der Waals surface area contributed by atoms with Gasteiger partial charge in [-0.05, 0) is 18.6 Å². The van der Waals surface area contributed by atoms with E-state index in [9.17, 15) is 4.79 Å². The minimum absolute atomic E-state index is 0.0879. The van der Waals surface area contributed by atoms with Crippen LogP contribution in [0, 0.1) is 0 Å². The summed E-state index contributed by atoms with van der Waals surface area (Å²) in [6.07, 6.45) is 4.47. The number of alkyl halides is 1. The number of unbranched alkanes of at least 4 members (excludes halogenated alkanes) is 2. The van der Waals surface area contributed by atoms with E-state index in [1.807, 2.05) is 30.3 Å². The lowest BCUT2D eigenvalue weighted by Crippen LogP contribution is -2.08. The highest BCUT2D eigenvalue weighted by molar-refractivity contribution is 9.09. The highest BCUT2D eigenvalue weighted by Gasteiger charge is 2.13. The van der Waals surface area contributed by atoms with Crippen LogP contribution in [0.15, 0.2) is 39.5 Å². The Balaban J connectivity index is 2.27. The molecule has 96 valence electrons. The van der Waals surface area contributed by atoms with E-state index in [1.165, 1.54) is 12.8 Å². The Labute approximate surface area is 115 Å². The molecule has 2 rings (SSSR count). The first kappa shape index (κ1) is 13.3. The fourth-order valence-electron chi connectivity index (χ4n) is 2.03. The molecule has 0 aliphatic rings. The zero-order valence-corrected chi connectivity index (χ0v) is 12.1. The third-order valence-electron chi connectivity index (χ3n) is 3.07. The van der Waals surface area contributed by atoms with Crippen LogP contribution in [-0.2, 0) is 0 Å². The Hall–Kier alpha value is -1.09. The molecule has 2 nitrogen and oxygen atoms in total. The van der Waals surface area contributed by atoms with E-state index in [2.05, 4.69) is 22.9 Å². The highest BCUT2D eigenvalue weighted by atomic mass is 79.9. The van der Waals surface area contributed by atoms with Crippen molar-refractivity contribution in [2.75, 3.05) is 0 Å². The SMILES string of the molecule is CCCCCC(Br)c1cc2ccccc2oc1=O. The van der Waals surface area contributed by atoms with Gasteiger partial charge >= 0.3 is 5.63 Å². The zero-order chi connectivity index (χ0) is 13.0. The van der Waals surface area contributed by atoms with E-state index < -0.39 is 0 Å². The van der Waals surface area contributed by atoms with Gasteiger partial charge in [-0.3, -0.25) is 0 Å². The Morgan fingerprint density at radius 3 is 2.83 bits per heavy atom. The van der Waals surface area contributed by atoms with Gasteiger partial charge in [-0.25, -0.2) is 4.79 Å². The van der Waals surface area contributed by atoms with Crippen molar-refractivity contribution in [2.24, 2.45) is 0 Å². The molecule has 3 heteroatoms. The molecule has 0 aliphatic carbocycles. The fourth-order valence-corrected chi connectivity index (χ4v) is 2.67. The van der Waals surface area contributed by atoms with Gasteiger partial charge in [0.05, 0.1) is 5.56 Å². The topological polar surface area (TPSA) is 30.2 Å². The maximum absolute atomic E-state index is 11.9. The molecule has 1 unspecified atom stereocenters. The number of benzene rings is 1. The lowest BCUT2D eigenvalue weighted by atomic mass is 10.1. The van der Waals surface area contributed by atoms with Crippen molar-refractivity contribution < 1.29 is 4.42 Å². The van der Waals surface area contributed by atoms with Gasteiger partial charge < -0.3 is 4.42 Å². The second kappa shape index (κ2) is 6.19. The van der Waals surface area contributed by atoms with Crippen molar-refractivity contribution in [1.29, 1.82) is 0 Å². The second-order valence-corrected chi connectivity index (χ2v) is 5.60. The van der Waals surface area contributed by atoms with Crippen LogP contribution in [0.1, 0.15) is 43.0 Å². The lowest BCUT2D eigenvalue weighted by Gasteiger charge is -2.09. The van der Waals surface area contributed by atoms with Crippen molar-refractivity contribution in [2.45, 2.75) is 37.4 Å². The molecule has 0 spiro atoms. The summed E-state index contributed by atoms with van der Waals surface area (Å²) < 4.78 is 5.33. The Kier molecular flexibility index (Phi) is 4.59. The van der Waals surface area contributed by atoms with Crippen LogP contribution in [0.4, 0.5) is 0 Å². The van der Waals surface area contributed by atoms with E-state index in [0.717, 1.165) is 23.8 Å². The van der Waals surface area contributed by atoms with Gasteiger partial charge in [0.15, 0.2) is 0 Å². The minimum Gasteiger partial charge on any atom is -0.422 e. The Morgan fingerprint density at radius 1 is 1.28 bits per heavy atom. The van der Waals surface area contributed by atoms with Crippen LogP contribution in [-0.4, -0.2) is 0 Å². The summed E-state index contributed by atoms with van der Waals surface area (Å²) in [5, 5.41) is 0.979. The summed E-state index contributed by atoms with van der Waals surface area (Å²) in [6.45, 7) is 2.17. The lowest BCUT2D eigenvalue weighted by molar-refractivity contribution is 0.544. The zero-order valence-electron chi connectivity index (χ0n) is 10.5. The Bertz CT molecular complexity index is 574. The van der Waals surface area contributed by atoms with Gasteiger partial charge in [-0.2, -0.15) is 0 Å². The predicted octanol–water partition coefficient (Wildman–Crippen LogP) is 4.81. The molecule has 1 heterocycles. The van der Waals surface area contributed by atoms with E-state index in [-0.39, 0.29) is 10.5 Å². The van der Waals surface area contributed by atoms with Crippen LogP contribution in [0.5, 0.6) is 0 Å². The molecule has 0 radical (unpaired) electrons. The molecule has 1 aromatic heterocycles. The molecule has 0 saturated carbocycles. The second-order valence-electron chi connectivity index (χ2n) is 4.49. The molecule has 0 aliphatic heterocycles. The summed E-state index contributed by atoms with van der Waals surface area (Å²) in [5.74, 6) is 0. The first-order valence-corrected chi connectivity index (χ1v) is 7.30. The van der Waals surface area contributed by atoms with Crippen molar-refractivity contribution >= 4 is 26.9 Å². The summed E-state index contributed by atoms with van der Waals surface area (Å²) in [4.78, 5) is 12.0. The standard InChI is InChI=1S/C15H17BrO2/c1-2-3-4-8-13(16)12-10-11-7-5-6-9-14(11)18-15(12)17/h5-7,9-10,13H,2-4,8H2,1H3. The van der Waals surface area contributed by atoms with Gasteiger partial charge in [0, 0.05) is 10.2 Å². The maximum atomic E-state index is 11.9. The third-order valence-corrected chi connectivity index (χ3v) is 4.02. The summed E-state index contributed by atoms with van der Waals surface area (Å²) >= 11 is 3.59. The highest BCUT2D eigenvalue weighted by Crippen LogP contribution is 2.28. The number of rotatable bonds is 5. The summed E-state index contributed by atoms with van der Waals surface area (Å²) in [5.41, 5.74) is 1.15. The summed E-state index contributed by atoms with van der Waals surface area (Å²) in [6, 6.07) is 9.55. The van der Waals surface area contributed by atoms with Crippen molar-refractivity contribution in [1.82, 2.24) is 0 Å². The number of hydrogen-bond donors (Lipinski definition) is 0. The molecule has 0 fully saturated rings. The van der Waals surface area contributed by atoms with Gasteiger partial charge in [0.25, 0.3) is 0 Å². The molecule has 1 atom stereocenters. The molecule has 0 bridgehead atoms. The number of hydrogen-bond acceptors (Lipinski definition) is 2.